The van der Waals surface area contributed by atoms with Gasteiger partial charge < -0.3 is 30.6 Å². The lowest BCUT2D eigenvalue weighted by Crippen LogP contribution is -2.55. The standard InChI is InChI=1S/C25H29N6O5P/c32-24(29-21(17-37(34,35)36)25(33)31-13-11-26-12-14-31)20-15-22(27-16-18-7-3-1-4-8-18)30-23(28-20)19-9-5-2-6-10-19/h1-10,15,21,26H,11-14,16-17H2,(H,29,32)(H,27,28,30)(H2,34,35,36). The Bertz CT molecular complexity index is 1270. The number of nitrogens with zero attached hydrogens (tertiary/aromatic N) is 3. The molecule has 0 radical (unpaired) electrons. The van der Waals surface area contributed by atoms with Crippen LogP contribution in [0.5, 0.6) is 0 Å². The van der Waals surface area contributed by atoms with Crippen LogP contribution in [-0.4, -0.2) is 74.9 Å². The van der Waals surface area contributed by atoms with Gasteiger partial charge in [0.1, 0.15) is 17.6 Å². The van der Waals surface area contributed by atoms with E-state index in [9.17, 15) is 23.9 Å². The summed E-state index contributed by atoms with van der Waals surface area (Å²) in [6.07, 6.45) is -0.808. The molecule has 194 valence electrons. The molecule has 2 heterocycles. The minimum absolute atomic E-state index is 0.0340. The summed E-state index contributed by atoms with van der Waals surface area (Å²) in [6.45, 7) is 2.34. The zero-order valence-corrected chi connectivity index (χ0v) is 21.0. The van der Waals surface area contributed by atoms with Crippen molar-refractivity contribution in [3.8, 4) is 11.4 Å². The van der Waals surface area contributed by atoms with Crippen LogP contribution in [0.1, 0.15) is 16.1 Å². The zero-order chi connectivity index (χ0) is 26.3. The Balaban J connectivity index is 1.60. The molecule has 0 spiro atoms. The van der Waals surface area contributed by atoms with Crippen molar-refractivity contribution in [2.45, 2.75) is 12.6 Å². The van der Waals surface area contributed by atoms with Crippen LogP contribution in [0.3, 0.4) is 0 Å². The van der Waals surface area contributed by atoms with Crippen LogP contribution in [-0.2, 0) is 15.9 Å². The summed E-state index contributed by atoms with van der Waals surface area (Å²) < 4.78 is 11.8. The van der Waals surface area contributed by atoms with Gasteiger partial charge >= 0.3 is 7.60 Å². The summed E-state index contributed by atoms with van der Waals surface area (Å²) >= 11 is 0. The SMILES string of the molecule is O=C(NC(CP(=O)(O)O)C(=O)N1CCNCC1)c1cc(NCc2ccccc2)nc(-c2ccccc2)n1. The Kier molecular flexibility index (Phi) is 8.62. The minimum Gasteiger partial charge on any atom is -0.366 e. The van der Waals surface area contributed by atoms with Gasteiger partial charge in [-0.3, -0.25) is 14.2 Å². The summed E-state index contributed by atoms with van der Waals surface area (Å²) in [5.41, 5.74) is 1.66. The largest absolute Gasteiger partial charge is 0.366 e. The van der Waals surface area contributed by atoms with Gasteiger partial charge in [-0.1, -0.05) is 60.7 Å². The van der Waals surface area contributed by atoms with Crippen LogP contribution >= 0.6 is 7.60 Å². The van der Waals surface area contributed by atoms with E-state index in [1.807, 2.05) is 60.7 Å². The molecule has 3 aromatic rings. The molecule has 0 saturated carbocycles. The maximum absolute atomic E-state index is 13.3. The van der Waals surface area contributed by atoms with Gasteiger partial charge in [0.05, 0.1) is 6.16 Å². The number of aromatic nitrogens is 2. The van der Waals surface area contributed by atoms with Crippen molar-refractivity contribution in [1.29, 1.82) is 0 Å². The van der Waals surface area contributed by atoms with Gasteiger partial charge in [0.2, 0.25) is 5.91 Å². The number of carbonyl (C=O) groups is 2. The molecular formula is C25H29N6O5P. The number of hydrogen-bond acceptors (Lipinski definition) is 7. The Morgan fingerprint density at radius 1 is 1.00 bits per heavy atom. The summed E-state index contributed by atoms with van der Waals surface area (Å²) in [7, 11) is -4.61. The summed E-state index contributed by atoms with van der Waals surface area (Å²) in [5, 5.41) is 8.82. The van der Waals surface area contributed by atoms with E-state index in [1.165, 1.54) is 11.0 Å². The lowest BCUT2D eigenvalue weighted by Gasteiger charge is -2.31. The molecule has 1 aromatic heterocycles. The monoisotopic (exact) mass is 524 g/mol. The highest BCUT2D eigenvalue weighted by Gasteiger charge is 2.33. The molecular weight excluding hydrogens is 495 g/mol. The number of carbonyl (C=O) groups excluding carboxylic acids is 2. The van der Waals surface area contributed by atoms with Gasteiger partial charge in [-0.15, -0.1) is 0 Å². The molecule has 0 bridgehead atoms. The Morgan fingerprint density at radius 2 is 1.65 bits per heavy atom. The number of nitrogens with one attached hydrogen (secondary N) is 3. The van der Waals surface area contributed by atoms with Crippen LogP contribution < -0.4 is 16.0 Å². The molecule has 2 amide bonds. The van der Waals surface area contributed by atoms with Crippen LogP contribution in [0.2, 0.25) is 0 Å². The third-order valence-corrected chi connectivity index (χ3v) is 6.60. The van der Waals surface area contributed by atoms with Crippen LogP contribution in [0.4, 0.5) is 5.82 Å². The minimum atomic E-state index is -4.61. The van der Waals surface area contributed by atoms with Gasteiger partial charge in [-0.25, -0.2) is 9.97 Å². The molecule has 4 rings (SSSR count). The first kappa shape index (κ1) is 26.4. The summed E-state index contributed by atoms with van der Waals surface area (Å²) in [4.78, 5) is 55.9. The molecule has 1 aliphatic heterocycles. The van der Waals surface area contributed by atoms with Crippen LogP contribution in [0, 0.1) is 0 Å². The smallest absolute Gasteiger partial charge is 0.328 e. The van der Waals surface area contributed by atoms with E-state index in [0.717, 1.165) is 5.56 Å². The zero-order valence-electron chi connectivity index (χ0n) is 20.1. The van der Waals surface area contributed by atoms with Crippen molar-refractivity contribution in [3.63, 3.8) is 0 Å². The van der Waals surface area contributed by atoms with Crippen molar-refractivity contribution in [2.75, 3.05) is 37.7 Å². The first-order valence-electron chi connectivity index (χ1n) is 11.9. The average Bonchev–Trinajstić information content (AvgIpc) is 2.91. The van der Waals surface area contributed by atoms with E-state index >= 15 is 0 Å². The van der Waals surface area contributed by atoms with Gasteiger partial charge in [-0.2, -0.15) is 0 Å². The first-order valence-corrected chi connectivity index (χ1v) is 13.7. The van der Waals surface area contributed by atoms with Crippen molar-refractivity contribution in [1.82, 2.24) is 25.5 Å². The second kappa shape index (κ2) is 12.1. The van der Waals surface area contributed by atoms with E-state index in [-0.39, 0.29) is 5.69 Å². The first-order chi connectivity index (χ1) is 17.8. The van der Waals surface area contributed by atoms with Crippen molar-refractivity contribution < 1.29 is 23.9 Å². The highest BCUT2D eigenvalue weighted by molar-refractivity contribution is 7.51. The van der Waals surface area contributed by atoms with Crippen LogP contribution in [0.25, 0.3) is 11.4 Å². The lowest BCUT2D eigenvalue weighted by atomic mass is 10.2. The van der Waals surface area contributed by atoms with E-state index in [4.69, 9.17) is 0 Å². The van der Waals surface area contributed by atoms with Gasteiger partial charge in [0.25, 0.3) is 5.91 Å². The summed E-state index contributed by atoms with van der Waals surface area (Å²) in [5.74, 6) is -0.589. The molecule has 1 unspecified atom stereocenters. The normalized spacial score (nSPS) is 14.6. The lowest BCUT2D eigenvalue weighted by molar-refractivity contribution is -0.133. The molecule has 1 aliphatic rings. The topological polar surface area (TPSA) is 157 Å². The molecule has 1 fully saturated rings. The van der Waals surface area contributed by atoms with Gasteiger partial charge in [0.15, 0.2) is 5.82 Å². The quantitative estimate of drug-likeness (QED) is 0.262. The molecule has 12 heteroatoms. The number of anilines is 1. The molecule has 11 nitrogen and oxygen atoms in total. The third kappa shape index (κ3) is 7.68. The van der Waals surface area contributed by atoms with Crippen molar-refractivity contribution in [3.05, 3.63) is 78.0 Å². The maximum Gasteiger partial charge on any atom is 0.328 e. The van der Waals surface area contributed by atoms with E-state index in [2.05, 4.69) is 25.9 Å². The average molecular weight is 525 g/mol. The number of amides is 2. The molecule has 1 saturated heterocycles. The number of benzene rings is 2. The third-order valence-electron chi connectivity index (χ3n) is 5.76. The fourth-order valence-corrected chi connectivity index (χ4v) is 4.64. The van der Waals surface area contributed by atoms with Gasteiger partial charge in [0, 0.05) is 44.4 Å². The predicted molar refractivity (Wildman–Crippen MR) is 139 cm³/mol. The van der Waals surface area contributed by atoms with E-state index < -0.39 is 31.6 Å². The van der Waals surface area contributed by atoms with Crippen molar-refractivity contribution >= 4 is 25.2 Å². The highest BCUT2D eigenvalue weighted by atomic mass is 31.2. The molecule has 2 aromatic carbocycles. The molecule has 37 heavy (non-hydrogen) atoms. The van der Waals surface area contributed by atoms with Gasteiger partial charge in [-0.05, 0) is 5.56 Å². The fraction of sp³-hybridized carbons (Fsp3) is 0.280. The fourth-order valence-electron chi connectivity index (χ4n) is 3.92. The summed E-state index contributed by atoms with van der Waals surface area (Å²) in [6, 6.07) is 18.8. The Hall–Kier alpha value is -3.63. The molecule has 1 atom stereocenters. The van der Waals surface area contributed by atoms with E-state index in [0.29, 0.717) is 49.9 Å². The number of rotatable bonds is 9. The maximum atomic E-state index is 13.3. The predicted octanol–water partition coefficient (Wildman–Crippen LogP) is 1.46. The second-order valence-electron chi connectivity index (χ2n) is 8.62. The van der Waals surface area contributed by atoms with E-state index in [1.54, 1.807) is 0 Å². The Morgan fingerprint density at radius 3 is 2.30 bits per heavy atom. The Labute approximate surface area is 214 Å². The highest BCUT2D eigenvalue weighted by Crippen LogP contribution is 2.35. The molecule has 0 aliphatic carbocycles. The number of hydrogen-bond donors (Lipinski definition) is 5. The second-order valence-corrected chi connectivity index (χ2v) is 10.3. The molecule has 5 N–H and O–H groups in total. The number of piperazine rings is 1. The van der Waals surface area contributed by atoms with Crippen molar-refractivity contribution in [2.24, 2.45) is 0 Å². The van der Waals surface area contributed by atoms with Crippen LogP contribution in [0.15, 0.2) is 66.7 Å².